The minimum absolute atomic E-state index is 0.0915. The van der Waals surface area contributed by atoms with Gasteiger partial charge in [-0.2, -0.15) is 0 Å². The quantitative estimate of drug-likeness (QED) is 0.701. The third-order valence-corrected chi connectivity index (χ3v) is 5.02. The van der Waals surface area contributed by atoms with Gasteiger partial charge in [0.2, 0.25) is 6.79 Å². The van der Waals surface area contributed by atoms with E-state index in [-0.39, 0.29) is 12.7 Å². The summed E-state index contributed by atoms with van der Waals surface area (Å²) in [7, 11) is 0. The Labute approximate surface area is 164 Å². The molecule has 146 valence electrons. The molecule has 1 aromatic heterocycles. The molecular weight excluding hydrogens is 356 g/mol. The minimum Gasteiger partial charge on any atom is -0.494 e. The van der Waals surface area contributed by atoms with Gasteiger partial charge in [0, 0.05) is 24.0 Å². The number of fused-ring (bicyclic) bond motifs is 2. The van der Waals surface area contributed by atoms with Crippen LogP contribution in [0.4, 0.5) is 0 Å². The van der Waals surface area contributed by atoms with Gasteiger partial charge in [0.1, 0.15) is 11.4 Å². The zero-order valence-corrected chi connectivity index (χ0v) is 16.4. The van der Waals surface area contributed by atoms with Crippen LogP contribution in [-0.2, 0) is 13.1 Å². The Morgan fingerprint density at radius 1 is 1.14 bits per heavy atom. The van der Waals surface area contributed by atoms with Gasteiger partial charge >= 0.3 is 0 Å². The summed E-state index contributed by atoms with van der Waals surface area (Å²) < 4.78 is 18.4. The van der Waals surface area contributed by atoms with E-state index in [0.717, 1.165) is 33.5 Å². The lowest BCUT2D eigenvalue weighted by atomic mass is 10.1. The molecule has 3 aromatic rings. The fourth-order valence-corrected chi connectivity index (χ4v) is 3.70. The van der Waals surface area contributed by atoms with E-state index >= 15 is 0 Å². The van der Waals surface area contributed by atoms with Crippen molar-refractivity contribution < 1.29 is 19.0 Å². The van der Waals surface area contributed by atoms with Crippen LogP contribution < -0.4 is 19.5 Å². The fourth-order valence-electron chi connectivity index (χ4n) is 3.70. The molecule has 0 fully saturated rings. The molecule has 6 nitrogen and oxygen atoms in total. The smallest absolute Gasteiger partial charge is 0.268 e. The van der Waals surface area contributed by atoms with Gasteiger partial charge in [0.15, 0.2) is 11.5 Å². The number of amides is 1. The van der Waals surface area contributed by atoms with Crippen LogP contribution in [0.25, 0.3) is 10.9 Å². The first-order valence-corrected chi connectivity index (χ1v) is 9.54. The lowest BCUT2D eigenvalue weighted by molar-refractivity contribution is 0.0941. The van der Waals surface area contributed by atoms with Crippen LogP contribution in [0.5, 0.6) is 17.2 Å². The summed E-state index contributed by atoms with van der Waals surface area (Å²) in [4.78, 5) is 13.0. The van der Waals surface area contributed by atoms with Gasteiger partial charge in [-0.25, -0.2) is 0 Å². The van der Waals surface area contributed by atoms with E-state index in [1.54, 1.807) is 0 Å². The van der Waals surface area contributed by atoms with Crippen LogP contribution in [-0.4, -0.2) is 23.9 Å². The van der Waals surface area contributed by atoms with Gasteiger partial charge in [-0.1, -0.05) is 6.07 Å². The molecule has 0 aliphatic carbocycles. The Balaban J connectivity index is 1.60. The third kappa shape index (κ3) is 3.15. The first-order chi connectivity index (χ1) is 13.6. The molecule has 0 unspecified atom stereocenters. The minimum atomic E-state index is -0.0915. The lowest BCUT2D eigenvalue weighted by Gasteiger charge is -2.10. The first-order valence-electron chi connectivity index (χ1n) is 9.54. The summed E-state index contributed by atoms with van der Waals surface area (Å²) in [5.74, 6) is 2.18. The second-order valence-electron chi connectivity index (χ2n) is 6.70. The molecule has 1 amide bonds. The molecule has 1 aliphatic heterocycles. The molecule has 28 heavy (non-hydrogen) atoms. The average molecular weight is 380 g/mol. The van der Waals surface area contributed by atoms with Crippen molar-refractivity contribution in [1.29, 1.82) is 0 Å². The molecule has 4 rings (SSSR count). The number of aromatic nitrogens is 1. The van der Waals surface area contributed by atoms with Crippen molar-refractivity contribution >= 4 is 16.8 Å². The van der Waals surface area contributed by atoms with Crippen molar-refractivity contribution in [3.63, 3.8) is 0 Å². The normalized spacial score (nSPS) is 12.4. The second-order valence-corrected chi connectivity index (χ2v) is 6.70. The highest BCUT2D eigenvalue weighted by Gasteiger charge is 2.20. The van der Waals surface area contributed by atoms with Gasteiger partial charge in [0.25, 0.3) is 5.91 Å². The standard InChI is InChI=1S/C22H24N2O4/c1-4-24-18-8-7-16(26-5-2)11-17(18)14(3)21(24)22(25)23-12-15-6-9-19-20(10-15)28-13-27-19/h6-11H,4-5,12-13H2,1-3H3,(H,23,25). The highest BCUT2D eigenvalue weighted by molar-refractivity contribution is 6.02. The summed E-state index contributed by atoms with van der Waals surface area (Å²) in [5, 5.41) is 4.08. The van der Waals surface area contributed by atoms with Gasteiger partial charge in [0.05, 0.1) is 6.61 Å². The van der Waals surface area contributed by atoms with Gasteiger partial charge < -0.3 is 24.1 Å². The monoisotopic (exact) mass is 380 g/mol. The molecule has 0 saturated carbocycles. The SMILES string of the molecule is CCOc1ccc2c(c1)c(C)c(C(=O)NCc1ccc3c(c1)OCO3)n2CC. The second kappa shape index (κ2) is 7.46. The number of nitrogens with one attached hydrogen (secondary N) is 1. The van der Waals surface area contributed by atoms with Crippen molar-refractivity contribution in [2.75, 3.05) is 13.4 Å². The first kappa shape index (κ1) is 18.2. The average Bonchev–Trinajstić information content (AvgIpc) is 3.28. The molecule has 6 heteroatoms. The van der Waals surface area contributed by atoms with Crippen LogP contribution in [0, 0.1) is 6.92 Å². The molecule has 2 aromatic carbocycles. The van der Waals surface area contributed by atoms with Gasteiger partial charge in [-0.15, -0.1) is 0 Å². The molecule has 2 heterocycles. The van der Waals surface area contributed by atoms with E-state index in [0.29, 0.717) is 31.1 Å². The Hall–Kier alpha value is -3.15. The van der Waals surface area contributed by atoms with E-state index in [9.17, 15) is 4.79 Å². The van der Waals surface area contributed by atoms with Crippen LogP contribution in [0.2, 0.25) is 0 Å². The van der Waals surface area contributed by atoms with Gasteiger partial charge in [-0.05, 0) is 62.2 Å². The van der Waals surface area contributed by atoms with E-state index < -0.39 is 0 Å². The maximum absolute atomic E-state index is 13.0. The molecule has 0 bridgehead atoms. The molecule has 0 atom stereocenters. The zero-order valence-electron chi connectivity index (χ0n) is 16.4. The number of rotatable bonds is 6. The van der Waals surface area contributed by atoms with Gasteiger partial charge in [-0.3, -0.25) is 4.79 Å². The number of carbonyl (C=O) groups is 1. The molecule has 0 radical (unpaired) electrons. The number of benzene rings is 2. The molecule has 1 N–H and O–H groups in total. The van der Waals surface area contributed by atoms with E-state index in [1.807, 2.05) is 57.2 Å². The van der Waals surface area contributed by atoms with E-state index in [4.69, 9.17) is 14.2 Å². The maximum Gasteiger partial charge on any atom is 0.268 e. The number of carbonyl (C=O) groups excluding carboxylic acids is 1. The summed E-state index contributed by atoms with van der Waals surface area (Å²) in [6, 6.07) is 11.7. The van der Waals surface area contributed by atoms with Crippen molar-refractivity contribution in [3.8, 4) is 17.2 Å². The largest absolute Gasteiger partial charge is 0.494 e. The van der Waals surface area contributed by atoms with Crippen molar-refractivity contribution in [1.82, 2.24) is 9.88 Å². The van der Waals surface area contributed by atoms with Crippen molar-refractivity contribution in [2.24, 2.45) is 0 Å². The topological polar surface area (TPSA) is 61.7 Å². The summed E-state index contributed by atoms with van der Waals surface area (Å²) in [6.45, 7) is 7.98. The van der Waals surface area contributed by atoms with E-state index in [1.165, 1.54) is 0 Å². The number of hydrogen-bond donors (Lipinski definition) is 1. The third-order valence-electron chi connectivity index (χ3n) is 5.02. The Morgan fingerprint density at radius 3 is 2.75 bits per heavy atom. The molecule has 0 spiro atoms. The van der Waals surface area contributed by atoms with Crippen LogP contribution in [0.1, 0.15) is 35.5 Å². The summed E-state index contributed by atoms with van der Waals surface area (Å²) in [5.41, 5.74) is 3.65. The Morgan fingerprint density at radius 2 is 1.96 bits per heavy atom. The molecular formula is C22H24N2O4. The zero-order chi connectivity index (χ0) is 19.7. The number of hydrogen-bond acceptors (Lipinski definition) is 4. The maximum atomic E-state index is 13.0. The lowest BCUT2D eigenvalue weighted by Crippen LogP contribution is -2.26. The Bertz CT molecular complexity index is 1040. The Kier molecular flexibility index (Phi) is 4.86. The highest BCUT2D eigenvalue weighted by Crippen LogP contribution is 2.33. The van der Waals surface area contributed by atoms with Crippen LogP contribution in [0.3, 0.4) is 0 Å². The number of ether oxygens (including phenoxy) is 3. The predicted molar refractivity (Wildman–Crippen MR) is 107 cm³/mol. The number of nitrogens with zero attached hydrogens (tertiary/aromatic N) is 1. The predicted octanol–water partition coefficient (Wildman–Crippen LogP) is 4.03. The molecule has 0 saturated heterocycles. The fraction of sp³-hybridized carbons (Fsp3) is 0.318. The van der Waals surface area contributed by atoms with Crippen LogP contribution >= 0.6 is 0 Å². The van der Waals surface area contributed by atoms with E-state index in [2.05, 4.69) is 9.88 Å². The van der Waals surface area contributed by atoms with Crippen molar-refractivity contribution in [2.45, 2.75) is 33.9 Å². The highest BCUT2D eigenvalue weighted by atomic mass is 16.7. The van der Waals surface area contributed by atoms with Crippen LogP contribution in [0.15, 0.2) is 36.4 Å². The number of aryl methyl sites for hydroxylation is 2. The summed E-state index contributed by atoms with van der Waals surface area (Å²) in [6.07, 6.45) is 0. The summed E-state index contributed by atoms with van der Waals surface area (Å²) >= 11 is 0. The van der Waals surface area contributed by atoms with Crippen molar-refractivity contribution in [3.05, 3.63) is 53.2 Å². The molecule has 1 aliphatic rings.